The summed E-state index contributed by atoms with van der Waals surface area (Å²) >= 11 is 0. The van der Waals surface area contributed by atoms with Crippen molar-refractivity contribution in [3.05, 3.63) is 24.0 Å². The molecule has 2 heterocycles. The maximum atomic E-state index is 5.54. The Labute approximate surface area is 86.7 Å². The normalized spacial score (nSPS) is 10.3. The van der Waals surface area contributed by atoms with Gasteiger partial charge in [0.2, 0.25) is 11.8 Å². The Bertz CT molecular complexity index is 479. The summed E-state index contributed by atoms with van der Waals surface area (Å²) in [5, 5.41) is 4.12. The lowest BCUT2D eigenvalue weighted by atomic mass is 10.4. The molecular weight excluding hydrogens is 194 g/mol. The first-order valence-electron chi connectivity index (χ1n) is 4.39. The van der Waals surface area contributed by atoms with Gasteiger partial charge in [-0.05, 0) is 12.5 Å². The molecule has 0 spiro atoms. The van der Waals surface area contributed by atoms with Crippen LogP contribution < -0.4 is 10.5 Å². The Morgan fingerprint density at radius 1 is 1.40 bits per heavy atom. The maximum Gasteiger partial charge on any atom is 0.225 e. The van der Waals surface area contributed by atoms with E-state index in [0.717, 1.165) is 5.56 Å². The molecule has 0 radical (unpaired) electrons. The summed E-state index contributed by atoms with van der Waals surface area (Å²) in [6.07, 6.45) is 3.59. The minimum Gasteiger partial charge on any atom is -0.481 e. The Morgan fingerprint density at radius 2 is 2.20 bits per heavy atom. The van der Waals surface area contributed by atoms with Gasteiger partial charge >= 0.3 is 0 Å². The third-order valence-corrected chi connectivity index (χ3v) is 1.86. The number of hydrogen-bond donors (Lipinski definition) is 1. The monoisotopic (exact) mass is 205 g/mol. The number of nitrogens with zero attached hydrogens (tertiary/aromatic N) is 4. The smallest absolute Gasteiger partial charge is 0.225 e. The predicted molar refractivity (Wildman–Crippen MR) is 54.9 cm³/mol. The third-order valence-electron chi connectivity index (χ3n) is 1.86. The molecule has 2 rings (SSSR count). The second-order valence-electron chi connectivity index (χ2n) is 3.09. The number of hydrogen-bond acceptors (Lipinski definition) is 5. The fourth-order valence-corrected chi connectivity index (χ4v) is 1.19. The Balaban J connectivity index is 2.48. The molecule has 0 unspecified atom stereocenters. The molecular formula is C9H11N5O. The van der Waals surface area contributed by atoms with Crippen molar-refractivity contribution in [3.63, 3.8) is 0 Å². The van der Waals surface area contributed by atoms with Crippen LogP contribution >= 0.6 is 0 Å². The van der Waals surface area contributed by atoms with Crippen LogP contribution in [-0.4, -0.2) is 26.9 Å². The summed E-state index contributed by atoms with van der Waals surface area (Å²) in [6, 6.07) is 1.67. The van der Waals surface area contributed by atoms with Gasteiger partial charge in [0.25, 0.3) is 0 Å². The van der Waals surface area contributed by atoms with Gasteiger partial charge < -0.3 is 10.5 Å². The Kier molecular flexibility index (Phi) is 2.24. The first-order valence-corrected chi connectivity index (χ1v) is 4.39. The SMILES string of the molecule is COc1cc(-n2cc(C)cn2)nc(N)n1. The molecule has 2 N–H and O–H groups in total. The van der Waals surface area contributed by atoms with Crippen LogP contribution in [0.15, 0.2) is 18.5 Å². The summed E-state index contributed by atoms with van der Waals surface area (Å²) in [6.45, 7) is 1.95. The average molecular weight is 205 g/mol. The summed E-state index contributed by atoms with van der Waals surface area (Å²) in [7, 11) is 1.53. The summed E-state index contributed by atoms with van der Waals surface area (Å²) in [5.41, 5.74) is 6.58. The van der Waals surface area contributed by atoms with E-state index in [0.29, 0.717) is 11.7 Å². The van der Waals surface area contributed by atoms with Crippen LogP contribution in [0.1, 0.15) is 5.56 Å². The first kappa shape index (κ1) is 9.45. The number of nitrogen functional groups attached to an aromatic ring is 1. The zero-order valence-corrected chi connectivity index (χ0v) is 8.51. The summed E-state index contributed by atoms with van der Waals surface area (Å²) < 4.78 is 6.61. The van der Waals surface area contributed by atoms with E-state index < -0.39 is 0 Å². The molecule has 0 bridgehead atoms. The minimum absolute atomic E-state index is 0.164. The highest BCUT2D eigenvalue weighted by molar-refractivity contribution is 5.34. The van der Waals surface area contributed by atoms with E-state index in [4.69, 9.17) is 10.5 Å². The van der Waals surface area contributed by atoms with Gasteiger partial charge in [0.1, 0.15) is 0 Å². The maximum absolute atomic E-state index is 5.54. The van der Waals surface area contributed by atoms with E-state index in [9.17, 15) is 0 Å². The molecule has 0 amide bonds. The number of methoxy groups -OCH3 is 1. The standard InChI is InChI=1S/C9H11N5O/c1-6-4-11-14(5-6)7-3-8(15-2)13-9(10)12-7/h3-5H,1-2H3,(H2,10,12,13). The van der Waals surface area contributed by atoms with Gasteiger partial charge in [-0.15, -0.1) is 0 Å². The van der Waals surface area contributed by atoms with Crippen LogP contribution in [0.4, 0.5) is 5.95 Å². The number of rotatable bonds is 2. The van der Waals surface area contributed by atoms with Gasteiger partial charge in [0, 0.05) is 12.3 Å². The fourth-order valence-electron chi connectivity index (χ4n) is 1.19. The van der Waals surface area contributed by atoms with E-state index in [2.05, 4.69) is 15.1 Å². The largest absolute Gasteiger partial charge is 0.481 e. The lowest BCUT2D eigenvalue weighted by Crippen LogP contribution is -2.04. The molecule has 0 aliphatic carbocycles. The van der Waals surface area contributed by atoms with Crippen LogP contribution in [0, 0.1) is 6.92 Å². The van der Waals surface area contributed by atoms with Gasteiger partial charge in [-0.2, -0.15) is 15.1 Å². The van der Waals surface area contributed by atoms with E-state index in [1.165, 1.54) is 7.11 Å². The van der Waals surface area contributed by atoms with Crippen molar-refractivity contribution in [3.8, 4) is 11.7 Å². The van der Waals surface area contributed by atoms with Crippen LogP contribution in [-0.2, 0) is 0 Å². The number of aromatic nitrogens is 4. The highest BCUT2D eigenvalue weighted by Gasteiger charge is 2.05. The molecule has 2 aromatic heterocycles. The van der Waals surface area contributed by atoms with Gasteiger partial charge in [0.05, 0.1) is 13.3 Å². The zero-order chi connectivity index (χ0) is 10.8. The Morgan fingerprint density at radius 3 is 2.80 bits per heavy atom. The van der Waals surface area contributed by atoms with Crippen molar-refractivity contribution in [1.82, 2.24) is 19.7 Å². The van der Waals surface area contributed by atoms with Crippen LogP contribution in [0.25, 0.3) is 5.82 Å². The van der Waals surface area contributed by atoms with Gasteiger partial charge in [0.15, 0.2) is 5.82 Å². The van der Waals surface area contributed by atoms with Crippen LogP contribution in [0.5, 0.6) is 5.88 Å². The van der Waals surface area contributed by atoms with Crippen LogP contribution in [0.3, 0.4) is 0 Å². The second-order valence-corrected chi connectivity index (χ2v) is 3.09. The number of aryl methyl sites for hydroxylation is 1. The predicted octanol–water partition coefficient (Wildman–Crippen LogP) is 0.562. The van der Waals surface area contributed by atoms with Crippen molar-refractivity contribution >= 4 is 5.95 Å². The van der Waals surface area contributed by atoms with Crippen LogP contribution in [0.2, 0.25) is 0 Å². The number of anilines is 1. The lowest BCUT2D eigenvalue weighted by Gasteiger charge is -2.03. The van der Waals surface area contributed by atoms with Crippen molar-refractivity contribution in [2.75, 3.05) is 12.8 Å². The quantitative estimate of drug-likeness (QED) is 0.775. The molecule has 6 nitrogen and oxygen atoms in total. The molecule has 0 atom stereocenters. The molecule has 0 fully saturated rings. The van der Waals surface area contributed by atoms with Crippen molar-refractivity contribution < 1.29 is 4.74 Å². The fraction of sp³-hybridized carbons (Fsp3) is 0.222. The highest BCUT2D eigenvalue weighted by Crippen LogP contribution is 2.13. The van der Waals surface area contributed by atoms with Crippen molar-refractivity contribution in [1.29, 1.82) is 0 Å². The average Bonchev–Trinajstić information content (AvgIpc) is 2.64. The first-order chi connectivity index (χ1) is 7.19. The van der Waals surface area contributed by atoms with Gasteiger partial charge in [-0.25, -0.2) is 4.68 Å². The molecule has 6 heteroatoms. The molecule has 0 aliphatic heterocycles. The molecule has 15 heavy (non-hydrogen) atoms. The minimum atomic E-state index is 0.164. The number of nitrogens with two attached hydrogens (primary N) is 1. The molecule has 0 aromatic carbocycles. The van der Waals surface area contributed by atoms with E-state index >= 15 is 0 Å². The van der Waals surface area contributed by atoms with E-state index in [1.807, 2.05) is 13.1 Å². The third kappa shape index (κ3) is 1.88. The van der Waals surface area contributed by atoms with E-state index in [-0.39, 0.29) is 5.95 Å². The van der Waals surface area contributed by atoms with Gasteiger partial charge in [-0.3, -0.25) is 0 Å². The lowest BCUT2D eigenvalue weighted by molar-refractivity contribution is 0.397. The van der Waals surface area contributed by atoms with E-state index in [1.54, 1.807) is 16.9 Å². The summed E-state index contributed by atoms with van der Waals surface area (Å²) in [4.78, 5) is 7.94. The molecule has 0 saturated carbocycles. The van der Waals surface area contributed by atoms with Gasteiger partial charge in [-0.1, -0.05) is 0 Å². The number of ether oxygens (including phenoxy) is 1. The molecule has 78 valence electrons. The second kappa shape index (κ2) is 3.56. The zero-order valence-electron chi connectivity index (χ0n) is 8.51. The topological polar surface area (TPSA) is 78.8 Å². The molecule has 2 aromatic rings. The molecule has 0 saturated heterocycles. The highest BCUT2D eigenvalue weighted by atomic mass is 16.5. The van der Waals surface area contributed by atoms with Crippen molar-refractivity contribution in [2.24, 2.45) is 0 Å². The summed E-state index contributed by atoms with van der Waals surface area (Å²) in [5.74, 6) is 1.18. The Hall–Kier alpha value is -2.11. The van der Waals surface area contributed by atoms with Crippen molar-refractivity contribution in [2.45, 2.75) is 6.92 Å². The molecule has 0 aliphatic rings.